The van der Waals surface area contributed by atoms with E-state index in [1.54, 1.807) is 0 Å². The van der Waals surface area contributed by atoms with Gasteiger partial charge in [0.1, 0.15) is 5.84 Å². The molecule has 0 aromatic heterocycles. The summed E-state index contributed by atoms with van der Waals surface area (Å²) in [5, 5.41) is 11.4. The Labute approximate surface area is 71.5 Å². The Morgan fingerprint density at radius 1 is 1.42 bits per heavy atom. The van der Waals surface area contributed by atoms with Crippen LogP contribution in [0.1, 0.15) is 18.4 Å². The molecule has 1 rings (SSSR count). The maximum atomic E-state index is 8.43. The Bertz CT molecular complexity index is 269. The van der Waals surface area contributed by atoms with Crippen molar-refractivity contribution in [3.8, 4) is 0 Å². The Hall–Kier alpha value is -1.51. The molecule has 0 heterocycles. The van der Waals surface area contributed by atoms with Gasteiger partial charge in [-0.25, -0.2) is 0 Å². The third-order valence-electron chi connectivity index (χ3n) is 1.86. The van der Waals surface area contributed by atoms with Gasteiger partial charge in [-0.3, -0.25) is 0 Å². The molecule has 3 heteroatoms. The number of hydrogen-bond donors (Lipinski definition) is 2. The predicted molar refractivity (Wildman–Crippen MR) is 48.3 cm³/mol. The summed E-state index contributed by atoms with van der Waals surface area (Å²) in [7, 11) is 0. The van der Waals surface area contributed by atoms with Crippen molar-refractivity contribution in [2.45, 2.75) is 12.8 Å². The summed E-state index contributed by atoms with van der Waals surface area (Å²) in [6.07, 6.45) is 0. The van der Waals surface area contributed by atoms with E-state index in [-0.39, 0.29) is 11.8 Å². The number of nitrogens with zero attached hydrogens (tertiary/aromatic N) is 1. The molecule has 0 unspecified atom stereocenters. The van der Waals surface area contributed by atoms with Gasteiger partial charge >= 0.3 is 0 Å². The lowest BCUT2D eigenvalue weighted by atomic mass is 10.0. The molecule has 64 valence electrons. The van der Waals surface area contributed by atoms with Gasteiger partial charge in [0.15, 0.2) is 0 Å². The van der Waals surface area contributed by atoms with E-state index in [9.17, 15) is 0 Å². The molecule has 0 aliphatic carbocycles. The van der Waals surface area contributed by atoms with E-state index < -0.39 is 0 Å². The van der Waals surface area contributed by atoms with Crippen LogP contribution in [0, 0.1) is 0 Å². The first-order valence-electron chi connectivity index (χ1n) is 3.78. The molecule has 3 N–H and O–H groups in total. The van der Waals surface area contributed by atoms with Gasteiger partial charge < -0.3 is 10.9 Å². The average molecular weight is 164 g/mol. The van der Waals surface area contributed by atoms with Crippen molar-refractivity contribution in [3.05, 3.63) is 35.9 Å². The monoisotopic (exact) mass is 164 g/mol. The highest BCUT2D eigenvalue weighted by Gasteiger charge is 2.08. The van der Waals surface area contributed by atoms with Gasteiger partial charge in [0.25, 0.3) is 0 Å². The number of nitrogens with two attached hydrogens (primary N) is 1. The molecule has 0 bridgehead atoms. The van der Waals surface area contributed by atoms with Gasteiger partial charge in [-0.2, -0.15) is 0 Å². The maximum Gasteiger partial charge on any atom is 0.146 e. The molecule has 1 atom stereocenters. The molecule has 0 radical (unpaired) electrons. The van der Waals surface area contributed by atoms with Crippen molar-refractivity contribution in [1.29, 1.82) is 0 Å². The summed E-state index contributed by atoms with van der Waals surface area (Å²) >= 11 is 0. The first-order chi connectivity index (χ1) is 5.75. The lowest BCUT2D eigenvalue weighted by Crippen LogP contribution is -2.19. The van der Waals surface area contributed by atoms with Crippen LogP contribution in [0.4, 0.5) is 0 Å². The van der Waals surface area contributed by atoms with Gasteiger partial charge in [0.05, 0.1) is 0 Å². The van der Waals surface area contributed by atoms with Gasteiger partial charge in [-0.05, 0) is 5.56 Å². The third-order valence-corrected chi connectivity index (χ3v) is 1.86. The lowest BCUT2D eigenvalue weighted by molar-refractivity contribution is 0.316. The van der Waals surface area contributed by atoms with E-state index in [0.717, 1.165) is 5.56 Å². The highest BCUT2D eigenvalue weighted by atomic mass is 16.4. The number of amidine groups is 1. The highest BCUT2D eigenvalue weighted by Crippen LogP contribution is 2.13. The summed E-state index contributed by atoms with van der Waals surface area (Å²) in [4.78, 5) is 0. The fourth-order valence-electron chi connectivity index (χ4n) is 0.999. The minimum Gasteiger partial charge on any atom is -0.409 e. The molecule has 12 heavy (non-hydrogen) atoms. The molecule has 0 amide bonds. The standard InChI is InChI=1S/C9H12N2O/c1-7(9(10)11-12)8-5-3-2-4-6-8/h2-7,12H,1H3,(H2,10,11)/t7-/m0/s1. The second-order valence-electron chi connectivity index (χ2n) is 2.66. The Morgan fingerprint density at radius 2 is 2.00 bits per heavy atom. The molecule has 1 aromatic carbocycles. The largest absolute Gasteiger partial charge is 0.409 e. The van der Waals surface area contributed by atoms with Gasteiger partial charge in [-0.1, -0.05) is 42.4 Å². The second-order valence-corrected chi connectivity index (χ2v) is 2.66. The van der Waals surface area contributed by atoms with Crippen LogP contribution in [0.25, 0.3) is 0 Å². The van der Waals surface area contributed by atoms with Crippen molar-refractivity contribution in [2.75, 3.05) is 0 Å². The third kappa shape index (κ3) is 1.75. The van der Waals surface area contributed by atoms with Crippen LogP contribution in [-0.2, 0) is 0 Å². The topological polar surface area (TPSA) is 58.6 Å². The van der Waals surface area contributed by atoms with Gasteiger partial charge in [0, 0.05) is 5.92 Å². The van der Waals surface area contributed by atoms with Crippen molar-refractivity contribution < 1.29 is 5.21 Å². The van der Waals surface area contributed by atoms with E-state index in [1.165, 1.54) is 0 Å². The zero-order chi connectivity index (χ0) is 8.97. The molecular formula is C9H12N2O. The number of benzene rings is 1. The number of hydrogen-bond acceptors (Lipinski definition) is 2. The lowest BCUT2D eigenvalue weighted by Gasteiger charge is -2.08. The average Bonchev–Trinajstić information content (AvgIpc) is 2.17. The van der Waals surface area contributed by atoms with Crippen molar-refractivity contribution >= 4 is 5.84 Å². The zero-order valence-electron chi connectivity index (χ0n) is 6.94. The predicted octanol–water partition coefficient (Wildman–Crippen LogP) is 1.54. The maximum absolute atomic E-state index is 8.43. The van der Waals surface area contributed by atoms with Gasteiger partial charge in [-0.15, -0.1) is 0 Å². The molecule has 1 aromatic rings. The number of rotatable bonds is 2. The van der Waals surface area contributed by atoms with Crippen LogP contribution in [0.15, 0.2) is 35.5 Å². The Kier molecular flexibility index (Phi) is 2.69. The van der Waals surface area contributed by atoms with E-state index in [2.05, 4.69) is 5.16 Å². The molecule has 0 saturated carbocycles. The van der Waals surface area contributed by atoms with Crippen LogP contribution in [0.2, 0.25) is 0 Å². The SMILES string of the molecule is C[C@H](/C(N)=N\O)c1ccccc1. The first-order valence-corrected chi connectivity index (χ1v) is 3.78. The summed E-state index contributed by atoms with van der Waals surface area (Å²) in [6.45, 7) is 1.89. The van der Waals surface area contributed by atoms with Crippen LogP contribution in [-0.4, -0.2) is 11.0 Å². The van der Waals surface area contributed by atoms with E-state index in [4.69, 9.17) is 10.9 Å². The molecule has 0 fully saturated rings. The summed E-state index contributed by atoms with van der Waals surface area (Å²) in [5.41, 5.74) is 6.50. The second kappa shape index (κ2) is 3.76. The van der Waals surface area contributed by atoms with Crippen LogP contribution in [0.3, 0.4) is 0 Å². The Balaban J connectivity index is 2.86. The summed E-state index contributed by atoms with van der Waals surface area (Å²) in [5.74, 6) is 0.206. The fourth-order valence-corrected chi connectivity index (χ4v) is 0.999. The molecular weight excluding hydrogens is 152 g/mol. The van der Waals surface area contributed by atoms with Crippen LogP contribution < -0.4 is 5.73 Å². The highest BCUT2D eigenvalue weighted by molar-refractivity contribution is 5.86. The molecule has 0 aliphatic rings. The van der Waals surface area contributed by atoms with Crippen molar-refractivity contribution in [2.24, 2.45) is 10.9 Å². The van der Waals surface area contributed by atoms with E-state index in [1.807, 2.05) is 37.3 Å². The molecule has 0 saturated heterocycles. The van der Waals surface area contributed by atoms with E-state index >= 15 is 0 Å². The normalized spacial score (nSPS) is 14.2. The van der Waals surface area contributed by atoms with E-state index in [0.29, 0.717) is 0 Å². The molecule has 0 aliphatic heterocycles. The van der Waals surface area contributed by atoms with Crippen molar-refractivity contribution in [3.63, 3.8) is 0 Å². The molecule has 3 nitrogen and oxygen atoms in total. The smallest absolute Gasteiger partial charge is 0.146 e. The first kappa shape index (κ1) is 8.59. The summed E-state index contributed by atoms with van der Waals surface area (Å²) < 4.78 is 0. The van der Waals surface area contributed by atoms with Crippen LogP contribution >= 0.6 is 0 Å². The molecule has 0 spiro atoms. The van der Waals surface area contributed by atoms with Crippen molar-refractivity contribution in [1.82, 2.24) is 0 Å². The fraction of sp³-hybridized carbons (Fsp3) is 0.222. The zero-order valence-corrected chi connectivity index (χ0v) is 6.94. The van der Waals surface area contributed by atoms with Gasteiger partial charge in [0.2, 0.25) is 0 Å². The minimum atomic E-state index is -0.0313. The minimum absolute atomic E-state index is 0.0313. The number of oxime groups is 1. The quantitative estimate of drug-likeness (QED) is 0.301. The summed E-state index contributed by atoms with van der Waals surface area (Å²) in [6, 6.07) is 9.68. The Morgan fingerprint density at radius 3 is 2.50 bits per heavy atom. The van der Waals surface area contributed by atoms with Crippen LogP contribution in [0.5, 0.6) is 0 Å².